The molecule has 0 aromatic carbocycles. The summed E-state index contributed by atoms with van der Waals surface area (Å²) in [6.07, 6.45) is 4.14. The van der Waals surface area contributed by atoms with Gasteiger partial charge in [-0.15, -0.1) is 6.58 Å². The summed E-state index contributed by atoms with van der Waals surface area (Å²) in [5.74, 6) is 6.03. The lowest BCUT2D eigenvalue weighted by atomic mass is 9.96. The molecule has 3 unspecified atom stereocenters. The maximum Gasteiger partial charge on any atom is 0.0770 e. The van der Waals surface area contributed by atoms with Crippen molar-refractivity contribution in [1.82, 2.24) is 5.43 Å². The highest BCUT2D eigenvalue weighted by Gasteiger charge is 2.30. The Balaban J connectivity index is 2.46. The van der Waals surface area contributed by atoms with Gasteiger partial charge in [-0.25, -0.2) is 0 Å². The SMILES string of the molecule is C=CCC(NN)C1OCCC1C. The standard InChI is InChI=1S/C9H18N2O/c1-3-4-8(11-10)9-7(2)5-6-12-9/h3,7-9,11H,1,4-6,10H2,2H3. The van der Waals surface area contributed by atoms with Crippen LogP contribution in [0.15, 0.2) is 12.7 Å². The maximum atomic E-state index is 5.58. The molecular weight excluding hydrogens is 152 g/mol. The number of rotatable bonds is 4. The number of nitrogens with two attached hydrogens (primary N) is 1. The van der Waals surface area contributed by atoms with Crippen LogP contribution in [0.5, 0.6) is 0 Å². The molecule has 70 valence electrons. The molecule has 3 nitrogen and oxygen atoms in total. The fourth-order valence-electron chi connectivity index (χ4n) is 1.71. The van der Waals surface area contributed by atoms with Gasteiger partial charge in [0.15, 0.2) is 0 Å². The topological polar surface area (TPSA) is 47.3 Å². The van der Waals surface area contributed by atoms with Gasteiger partial charge in [-0.05, 0) is 18.8 Å². The fourth-order valence-corrected chi connectivity index (χ4v) is 1.71. The first-order valence-corrected chi connectivity index (χ1v) is 4.48. The van der Waals surface area contributed by atoms with E-state index in [2.05, 4.69) is 18.9 Å². The molecule has 1 aliphatic rings. The van der Waals surface area contributed by atoms with Crippen LogP contribution in [0, 0.1) is 5.92 Å². The minimum absolute atomic E-state index is 0.222. The smallest absolute Gasteiger partial charge is 0.0770 e. The second-order valence-electron chi connectivity index (χ2n) is 3.40. The van der Waals surface area contributed by atoms with E-state index in [4.69, 9.17) is 10.6 Å². The first kappa shape index (κ1) is 9.71. The van der Waals surface area contributed by atoms with Gasteiger partial charge >= 0.3 is 0 Å². The molecule has 0 bridgehead atoms. The van der Waals surface area contributed by atoms with Gasteiger partial charge in [0, 0.05) is 6.61 Å². The zero-order valence-corrected chi connectivity index (χ0v) is 7.62. The second kappa shape index (κ2) is 4.60. The van der Waals surface area contributed by atoms with E-state index in [1.165, 1.54) is 0 Å². The van der Waals surface area contributed by atoms with E-state index in [-0.39, 0.29) is 12.1 Å². The molecule has 1 rings (SSSR count). The van der Waals surface area contributed by atoms with Crippen LogP contribution in [0.2, 0.25) is 0 Å². The molecule has 0 saturated carbocycles. The molecule has 0 aromatic rings. The summed E-state index contributed by atoms with van der Waals surface area (Å²) in [7, 11) is 0. The Hall–Kier alpha value is -0.380. The molecule has 0 aliphatic carbocycles. The minimum Gasteiger partial charge on any atom is -0.376 e. The maximum absolute atomic E-state index is 5.58. The lowest BCUT2D eigenvalue weighted by molar-refractivity contribution is 0.0618. The van der Waals surface area contributed by atoms with E-state index in [1.807, 2.05) is 6.08 Å². The first-order chi connectivity index (χ1) is 5.79. The van der Waals surface area contributed by atoms with E-state index in [1.54, 1.807) is 0 Å². The predicted octanol–water partition coefficient (Wildman–Crippen LogP) is 0.819. The third kappa shape index (κ3) is 2.06. The zero-order valence-electron chi connectivity index (χ0n) is 7.62. The van der Waals surface area contributed by atoms with E-state index in [0.717, 1.165) is 19.4 Å². The molecule has 3 heteroatoms. The Kier molecular flexibility index (Phi) is 3.72. The fraction of sp³-hybridized carbons (Fsp3) is 0.778. The van der Waals surface area contributed by atoms with E-state index in [0.29, 0.717) is 5.92 Å². The zero-order chi connectivity index (χ0) is 8.97. The van der Waals surface area contributed by atoms with Crippen LogP contribution < -0.4 is 11.3 Å². The Morgan fingerprint density at radius 1 is 1.83 bits per heavy atom. The molecule has 3 N–H and O–H groups in total. The van der Waals surface area contributed by atoms with Gasteiger partial charge in [0.2, 0.25) is 0 Å². The summed E-state index contributed by atoms with van der Waals surface area (Å²) in [5, 5.41) is 0. The third-order valence-electron chi connectivity index (χ3n) is 2.48. The molecule has 0 amide bonds. The lowest BCUT2D eigenvalue weighted by Gasteiger charge is -2.24. The Bertz CT molecular complexity index is 149. The first-order valence-electron chi connectivity index (χ1n) is 4.48. The van der Waals surface area contributed by atoms with Crippen LogP contribution in [-0.4, -0.2) is 18.8 Å². The molecule has 1 heterocycles. The molecule has 3 atom stereocenters. The van der Waals surface area contributed by atoms with Crippen LogP contribution in [-0.2, 0) is 4.74 Å². The van der Waals surface area contributed by atoms with Gasteiger partial charge in [-0.3, -0.25) is 11.3 Å². The highest BCUT2D eigenvalue weighted by atomic mass is 16.5. The summed E-state index contributed by atoms with van der Waals surface area (Å²) < 4.78 is 5.58. The Morgan fingerprint density at radius 2 is 2.58 bits per heavy atom. The van der Waals surface area contributed by atoms with Gasteiger partial charge < -0.3 is 4.74 Å². The number of nitrogens with one attached hydrogen (secondary N) is 1. The van der Waals surface area contributed by atoms with Crippen LogP contribution in [0.1, 0.15) is 19.8 Å². The predicted molar refractivity (Wildman–Crippen MR) is 49.4 cm³/mol. The van der Waals surface area contributed by atoms with Crippen molar-refractivity contribution in [2.75, 3.05) is 6.61 Å². The van der Waals surface area contributed by atoms with Gasteiger partial charge in [0.25, 0.3) is 0 Å². The summed E-state index contributed by atoms with van der Waals surface area (Å²) in [6, 6.07) is 0.222. The average Bonchev–Trinajstić information content (AvgIpc) is 2.47. The van der Waals surface area contributed by atoms with Crippen molar-refractivity contribution in [2.24, 2.45) is 11.8 Å². The Labute approximate surface area is 73.9 Å². The van der Waals surface area contributed by atoms with Crippen molar-refractivity contribution < 1.29 is 4.74 Å². The van der Waals surface area contributed by atoms with Crippen molar-refractivity contribution >= 4 is 0 Å². The number of ether oxygens (including phenoxy) is 1. The van der Waals surface area contributed by atoms with Gasteiger partial charge in [0.1, 0.15) is 0 Å². The van der Waals surface area contributed by atoms with Crippen molar-refractivity contribution in [3.8, 4) is 0 Å². The third-order valence-corrected chi connectivity index (χ3v) is 2.48. The number of hydrazine groups is 1. The molecule has 1 fully saturated rings. The van der Waals surface area contributed by atoms with Crippen LogP contribution >= 0.6 is 0 Å². The summed E-state index contributed by atoms with van der Waals surface area (Å²) in [6.45, 7) is 6.76. The number of hydrogen-bond donors (Lipinski definition) is 2. The van der Waals surface area contributed by atoms with Crippen molar-refractivity contribution in [2.45, 2.75) is 31.9 Å². The van der Waals surface area contributed by atoms with E-state index >= 15 is 0 Å². The molecular formula is C9H18N2O. The Morgan fingerprint density at radius 3 is 3.00 bits per heavy atom. The van der Waals surface area contributed by atoms with Crippen LogP contribution in [0.4, 0.5) is 0 Å². The molecule has 0 aromatic heterocycles. The van der Waals surface area contributed by atoms with Crippen LogP contribution in [0.25, 0.3) is 0 Å². The lowest BCUT2D eigenvalue weighted by Crippen LogP contribution is -2.45. The van der Waals surface area contributed by atoms with Gasteiger partial charge in [-0.1, -0.05) is 13.0 Å². The highest BCUT2D eigenvalue weighted by molar-refractivity contribution is 4.88. The van der Waals surface area contributed by atoms with Gasteiger partial charge in [-0.2, -0.15) is 0 Å². The van der Waals surface area contributed by atoms with Gasteiger partial charge in [0.05, 0.1) is 12.1 Å². The van der Waals surface area contributed by atoms with Crippen molar-refractivity contribution in [3.05, 3.63) is 12.7 Å². The monoisotopic (exact) mass is 170 g/mol. The largest absolute Gasteiger partial charge is 0.376 e. The molecule has 12 heavy (non-hydrogen) atoms. The quantitative estimate of drug-likeness (QED) is 0.373. The van der Waals surface area contributed by atoms with E-state index in [9.17, 15) is 0 Å². The van der Waals surface area contributed by atoms with Crippen molar-refractivity contribution in [1.29, 1.82) is 0 Å². The molecule has 1 aliphatic heterocycles. The molecule has 1 saturated heterocycles. The molecule has 0 spiro atoms. The number of hydrogen-bond acceptors (Lipinski definition) is 3. The average molecular weight is 170 g/mol. The van der Waals surface area contributed by atoms with E-state index < -0.39 is 0 Å². The molecule has 0 radical (unpaired) electrons. The second-order valence-corrected chi connectivity index (χ2v) is 3.40. The highest BCUT2D eigenvalue weighted by Crippen LogP contribution is 2.23. The summed E-state index contributed by atoms with van der Waals surface area (Å²) in [4.78, 5) is 0. The summed E-state index contributed by atoms with van der Waals surface area (Å²) in [5.41, 5.74) is 2.78. The van der Waals surface area contributed by atoms with Crippen LogP contribution in [0.3, 0.4) is 0 Å². The minimum atomic E-state index is 0.222. The van der Waals surface area contributed by atoms with Crippen molar-refractivity contribution in [3.63, 3.8) is 0 Å². The normalized spacial score (nSPS) is 31.8. The summed E-state index contributed by atoms with van der Waals surface area (Å²) >= 11 is 0.